The molecular weight excluding hydrogens is 226 g/mol. The van der Waals surface area contributed by atoms with E-state index in [1.165, 1.54) is 0 Å². The zero-order chi connectivity index (χ0) is 12.7. The first-order valence-electron chi connectivity index (χ1n) is 5.66. The molecule has 0 spiro atoms. The van der Waals surface area contributed by atoms with Gasteiger partial charge in [-0.1, -0.05) is 6.07 Å². The molecule has 0 saturated carbocycles. The Morgan fingerprint density at radius 1 is 1.06 bits per heavy atom. The summed E-state index contributed by atoms with van der Waals surface area (Å²) < 4.78 is 5.70. The summed E-state index contributed by atoms with van der Waals surface area (Å²) in [6.45, 7) is 2.02. The van der Waals surface area contributed by atoms with Gasteiger partial charge in [0.05, 0.1) is 5.56 Å². The minimum absolute atomic E-state index is 0.500. The van der Waals surface area contributed by atoms with Crippen LogP contribution in [0.5, 0.6) is 0 Å². The summed E-state index contributed by atoms with van der Waals surface area (Å²) in [6.07, 6.45) is 0. The quantitative estimate of drug-likeness (QED) is 0.640. The van der Waals surface area contributed by atoms with Crippen molar-refractivity contribution >= 4 is 22.5 Å². The number of aryl methyl sites for hydroxylation is 1. The molecule has 1 heterocycles. The molecule has 0 fully saturated rings. The lowest BCUT2D eigenvalue weighted by Crippen LogP contribution is -1.92. The third-order valence-electron chi connectivity index (χ3n) is 2.85. The van der Waals surface area contributed by atoms with Crippen molar-refractivity contribution in [2.75, 3.05) is 11.5 Å². The number of nitrogens with two attached hydrogens (primary N) is 2. The zero-order valence-corrected chi connectivity index (χ0v) is 9.97. The molecule has 4 heteroatoms. The van der Waals surface area contributed by atoms with E-state index in [2.05, 4.69) is 4.98 Å². The molecule has 0 bridgehead atoms. The van der Waals surface area contributed by atoms with Gasteiger partial charge in [0.1, 0.15) is 5.52 Å². The molecule has 0 aliphatic heterocycles. The lowest BCUT2D eigenvalue weighted by molar-refractivity contribution is 0.620. The van der Waals surface area contributed by atoms with Gasteiger partial charge in [-0.2, -0.15) is 0 Å². The summed E-state index contributed by atoms with van der Waals surface area (Å²) in [5.74, 6) is 0.500. The zero-order valence-electron chi connectivity index (χ0n) is 9.97. The highest BCUT2D eigenvalue weighted by Gasteiger charge is 2.11. The van der Waals surface area contributed by atoms with Gasteiger partial charge in [-0.25, -0.2) is 4.98 Å². The monoisotopic (exact) mass is 239 g/mol. The van der Waals surface area contributed by atoms with Crippen LogP contribution in [0.4, 0.5) is 11.4 Å². The first-order valence-corrected chi connectivity index (χ1v) is 5.66. The first kappa shape index (κ1) is 10.7. The van der Waals surface area contributed by atoms with E-state index in [0.717, 1.165) is 22.2 Å². The molecule has 0 unspecified atom stereocenters. The van der Waals surface area contributed by atoms with Gasteiger partial charge in [0.15, 0.2) is 5.58 Å². The third kappa shape index (κ3) is 1.68. The number of hydrogen-bond acceptors (Lipinski definition) is 4. The fourth-order valence-corrected chi connectivity index (χ4v) is 1.91. The SMILES string of the molecule is Cc1ccc2oc(-c3cc(N)ccc3N)nc2c1. The Morgan fingerprint density at radius 2 is 1.89 bits per heavy atom. The summed E-state index contributed by atoms with van der Waals surface area (Å²) in [5, 5.41) is 0. The fraction of sp³-hybridized carbons (Fsp3) is 0.0714. The van der Waals surface area contributed by atoms with Crippen molar-refractivity contribution in [2.24, 2.45) is 0 Å². The molecule has 4 nitrogen and oxygen atoms in total. The molecule has 90 valence electrons. The molecule has 0 atom stereocenters. The Bertz CT molecular complexity index is 731. The van der Waals surface area contributed by atoms with Crippen molar-refractivity contribution in [2.45, 2.75) is 6.92 Å². The van der Waals surface area contributed by atoms with E-state index in [1.54, 1.807) is 18.2 Å². The van der Waals surface area contributed by atoms with Crippen molar-refractivity contribution in [1.29, 1.82) is 0 Å². The van der Waals surface area contributed by atoms with E-state index >= 15 is 0 Å². The Kier molecular flexibility index (Phi) is 2.23. The molecule has 18 heavy (non-hydrogen) atoms. The van der Waals surface area contributed by atoms with Crippen LogP contribution in [0.2, 0.25) is 0 Å². The minimum Gasteiger partial charge on any atom is -0.436 e. The van der Waals surface area contributed by atoms with Crippen molar-refractivity contribution in [1.82, 2.24) is 4.98 Å². The van der Waals surface area contributed by atoms with Crippen LogP contribution in [0.3, 0.4) is 0 Å². The van der Waals surface area contributed by atoms with Crippen molar-refractivity contribution in [3.8, 4) is 11.5 Å². The van der Waals surface area contributed by atoms with Crippen LogP contribution < -0.4 is 11.5 Å². The minimum atomic E-state index is 0.500. The second-order valence-corrected chi connectivity index (χ2v) is 4.34. The van der Waals surface area contributed by atoms with E-state index in [1.807, 2.05) is 25.1 Å². The van der Waals surface area contributed by atoms with Crippen LogP contribution >= 0.6 is 0 Å². The van der Waals surface area contributed by atoms with Crippen molar-refractivity contribution in [3.63, 3.8) is 0 Å². The average Bonchev–Trinajstić information content (AvgIpc) is 2.74. The maximum atomic E-state index is 5.92. The lowest BCUT2D eigenvalue weighted by Gasteiger charge is -2.01. The molecule has 0 amide bonds. The van der Waals surface area contributed by atoms with Crippen molar-refractivity contribution < 1.29 is 4.42 Å². The normalized spacial score (nSPS) is 10.9. The van der Waals surface area contributed by atoms with Crippen LogP contribution in [0.15, 0.2) is 40.8 Å². The van der Waals surface area contributed by atoms with Gasteiger partial charge in [-0.15, -0.1) is 0 Å². The Balaban J connectivity index is 2.22. The standard InChI is InChI=1S/C14H13N3O/c1-8-2-5-13-12(6-8)17-14(18-13)10-7-9(15)3-4-11(10)16/h2-7H,15-16H2,1H3. The lowest BCUT2D eigenvalue weighted by atomic mass is 10.1. The van der Waals surface area contributed by atoms with Gasteiger partial charge in [-0.05, 0) is 42.8 Å². The second kappa shape index (κ2) is 3.77. The van der Waals surface area contributed by atoms with Crippen LogP contribution in [-0.2, 0) is 0 Å². The number of benzene rings is 2. The molecule has 1 aromatic heterocycles. The molecular formula is C14H13N3O. The number of oxazole rings is 1. The van der Waals surface area contributed by atoms with Gasteiger partial charge >= 0.3 is 0 Å². The molecule has 4 N–H and O–H groups in total. The number of fused-ring (bicyclic) bond motifs is 1. The number of anilines is 2. The van der Waals surface area contributed by atoms with Crippen LogP contribution in [0.25, 0.3) is 22.6 Å². The number of nitrogens with zero attached hydrogens (tertiary/aromatic N) is 1. The third-order valence-corrected chi connectivity index (χ3v) is 2.85. The number of rotatable bonds is 1. The van der Waals surface area contributed by atoms with Crippen LogP contribution in [-0.4, -0.2) is 4.98 Å². The maximum Gasteiger partial charge on any atom is 0.229 e. The largest absolute Gasteiger partial charge is 0.436 e. The Morgan fingerprint density at radius 3 is 2.72 bits per heavy atom. The Labute approximate surface area is 104 Å². The van der Waals surface area contributed by atoms with Crippen LogP contribution in [0.1, 0.15) is 5.56 Å². The highest BCUT2D eigenvalue weighted by Crippen LogP contribution is 2.30. The second-order valence-electron chi connectivity index (χ2n) is 4.34. The summed E-state index contributed by atoms with van der Waals surface area (Å²) in [5.41, 5.74) is 16.4. The summed E-state index contributed by atoms with van der Waals surface area (Å²) >= 11 is 0. The van der Waals surface area contributed by atoms with E-state index in [-0.39, 0.29) is 0 Å². The first-order chi connectivity index (χ1) is 8.63. The fourth-order valence-electron chi connectivity index (χ4n) is 1.91. The molecule has 0 aliphatic carbocycles. The summed E-state index contributed by atoms with van der Waals surface area (Å²) in [4.78, 5) is 4.44. The highest BCUT2D eigenvalue weighted by atomic mass is 16.3. The van der Waals surface area contributed by atoms with E-state index in [4.69, 9.17) is 15.9 Å². The summed E-state index contributed by atoms with van der Waals surface area (Å²) in [6, 6.07) is 11.2. The van der Waals surface area contributed by atoms with Gasteiger partial charge in [0.2, 0.25) is 5.89 Å². The Hall–Kier alpha value is -2.49. The van der Waals surface area contributed by atoms with Gasteiger partial charge in [0.25, 0.3) is 0 Å². The number of hydrogen-bond donors (Lipinski definition) is 2. The molecule has 3 aromatic rings. The molecule has 0 aliphatic rings. The molecule has 3 rings (SSSR count). The number of aromatic nitrogens is 1. The van der Waals surface area contributed by atoms with E-state index in [9.17, 15) is 0 Å². The molecule has 0 saturated heterocycles. The maximum absolute atomic E-state index is 5.92. The van der Waals surface area contributed by atoms with Crippen molar-refractivity contribution in [3.05, 3.63) is 42.0 Å². The molecule has 0 radical (unpaired) electrons. The van der Waals surface area contributed by atoms with E-state index < -0.39 is 0 Å². The van der Waals surface area contributed by atoms with Crippen LogP contribution in [0, 0.1) is 6.92 Å². The summed E-state index contributed by atoms with van der Waals surface area (Å²) in [7, 11) is 0. The van der Waals surface area contributed by atoms with Gasteiger partial charge < -0.3 is 15.9 Å². The average molecular weight is 239 g/mol. The van der Waals surface area contributed by atoms with Gasteiger partial charge in [-0.3, -0.25) is 0 Å². The smallest absolute Gasteiger partial charge is 0.229 e. The van der Waals surface area contributed by atoms with Gasteiger partial charge in [0, 0.05) is 11.4 Å². The highest BCUT2D eigenvalue weighted by molar-refractivity contribution is 5.81. The van der Waals surface area contributed by atoms with E-state index in [0.29, 0.717) is 17.3 Å². The number of nitrogen functional groups attached to an aromatic ring is 2. The predicted octanol–water partition coefficient (Wildman–Crippen LogP) is 2.97. The molecule has 2 aromatic carbocycles. The predicted molar refractivity (Wildman–Crippen MR) is 73.0 cm³/mol. The topological polar surface area (TPSA) is 78.1 Å².